The van der Waals surface area contributed by atoms with Gasteiger partial charge in [-0.1, -0.05) is 18.2 Å². The van der Waals surface area contributed by atoms with Crippen LogP contribution in [-0.2, 0) is 14.8 Å². The molecule has 1 saturated heterocycles. The number of nitrogens with zero attached hydrogens (tertiary/aromatic N) is 4. The number of benzene rings is 1. The standard InChI is InChI=1S/C26H36ClN7O5S/c1-6-23(35)29-19-13-20(22(38-4)14-21(19)34-11-7-17(8-12-34)33(2)3)30-25-28-15-18(27)24(31-25)39-16-26(9-10-26)32-40(5,36)37/h6,13-15,17,32H,1,7-12,16H2,2-5H3,(H,29,35)(H,28,30,31). The zero-order valence-electron chi connectivity index (χ0n) is 23.2. The summed E-state index contributed by atoms with van der Waals surface area (Å²) in [6, 6.07) is 4.14. The molecule has 1 saturated carbocycles. The minimum atomic E-state index is -3.39. The van der Waals surface area contributed by atoms with Crippen LogP contribution < -0.4 is 29.7 Å². The molecule has 4 rings (SSSR count). The van der Waals surface area contributed by atoms with E-state index < -0.39 is 15.6 Å². The van der Waals surface area contributed by atoms with Crippen molar-refractivity contribution in [2.75, 3.05) is 62.7 Å². The van der Waals surface area contributed by atoms with E-state index >= 15 is 0 Å². The molecule has 218 valence electrons. The van der Waals surface area contributed by atoms with Crippen LogP contribution in [0.4, 0.5) is 23.0 Å². The molecule has 1 aliphatic carbocycles. The van der Waals surface area contributed by atoms with Gasteiger partial charge in [-0.2, -0.15) is 4.98 Å². The fraction of sp³-hybridized carbons (Fsp3) is 0.500. The predicted octanol–water partition coefficient (Wildman–Crippen LogP) is 3.00. The third kappa shape index (κ3) is 7.53. The maximum atomic E-state index is 12.3. The van der Waals surface area contributed by atoms with Gasteiger partial charge >= 0.3 is 0 Å². The highest BCUT2D eigenvalue weighted by molar-refractivity contribution is 7.88. The summed E-state index contributed by atoms with van der Waals surface area (Å²) in [5.74, 6) is 0.478. The van der Waals surface area contributed by atoms with Crippen LogP contribution in [0.25, 0.3) is 0 Å². The van der Waals surface area contributed by atoms with E-state index in [1.54, 1.807) is 13.2 Å². The highest BCUT2D eigenvalue weighted by atomic mass is 35.5. The molecule has 0 unspecified atom stereocenters. The van der Waals surface area contributed by atoms with Crippen molar-refractivity contribution >= 4 is 50.5 Å². The average molecular weight is 594 g/mol. The number of anilines is 4. The van der Waals surface area contributed by atoms with Crippen molar-refractivity contribution in [1.82, 2.24) is 19.6 Å². The molecule has 3 N–H and O–H groups in total. The largest absolute Gasteiger partial charge is 0.494 e. The molecule has 0 radical (unpaired) electrons. The SMILES string of the molecule is C=CC(=O)Nc1cc(Nc2ncc(Cl)c(OCC3(NS(C)(=O)=O)CC3)n2)c(OC)cc1N1CCC(N(C)C)CC1. The van der Waals surface area contributed by atoms with E-state index in [0.29, 0.717) is 36.0 Å². The first-order chi connectivity index (χ1) is 18.9. The van der Waals surface area contributed by atoms with Crippen LogP contribution in [-0.4, -0.2) is 87.9 Å². The normalized spacial score (nSPS) is 16.9. The molecule has 2 aliphatic rings. The number of ether oxygens (including phenoxy) is 2. The quantitative estimate of drug-likeness (QED) is 0.315. The van der Waals surface area contributed by atoms with Crippen molar-refractivity contribution in [2.24, 2.45) is 0 Å². The van der Waals surface area contributed by atoms with E-state index in [9.17, 15) is 13.2 Å². The fourth-order valence-corrected chi connectivity index (χ4v) is 5.86. The van der Waals surface area contributed by atoms with Gasteiger partial charge in [0.25, 0.3) is 0 Å². The number of halogens is 1. The topological polar surface area (TPSA) is 138 Å². The zero-order chi connectivity index (χ0) is 29.1. The summed E-state index contributed by atoms with van der Waals surface area (Å²) in [4.78, 5) is 25.4. The molecule has 1 aromatic heterocycles. The molecule has 0 bridgehead atoms. The Kier molecular flexibility index (Phi) is 9.08. The number of aromatic nitrogens is 2. The van der Waals surface area contributed by atoms with Gasteiger partial charge in [-0.25, -0.2) is 18.1 Å². The Balaban J connectivity index is 1.57. The molecule has 1 aliphatic heterocycles. The molecule has 0 spiro atoms. The second kappa shape index (κ2) is 12.2. The van der Waals surface area contributed by atoms with Crippen molar-refractivity contribution in [3.05, 3.63) is 36.0 Å². The van der Waals surface area contributed by atoms with Crippen LogP contribution in [0, 0.1) is 0 Å². The van der Waals surface area contributed by atoms with Gasteiger partial charge in [-0.05, 0) is 51.9 Å². The molecule has 2 fully saturated rings. The molecule has 2 aromatic rings. The molecular formula is C26H36ClN7O5S. The number of rotatable bonds is 12. The van der Waals surface area contributed by atoms with E-state index in [2.05, 4.69) is 55.8 Å². The maximum Gasteiger partial charge on any atom is 0.247 e. The molecule has 1 aromatic carbocycles. The monoisotopic (exact) mass is 593 g/mol. The second-order valence-electron chi connectivity index (χ2n) is 10.4. The van der Waals surface area contributed by atoms with Crippen LogP contribution in [0.3, 0.4) is 0 Å². The van der Waals surface area contributed by atoms with Crippen LogP contribution >= 0.6 is 11.6 Å². The van der Waals surface area contributed by atoms with E-state index in [0.717, 1.165) is 37.9 Å². The Morgan fingerprint density at radius 2 is 1.98 bits per heavy atom. The summed E-state index contributed by atoms with van der Waals surface area (Å²) >= 11 is 6.27. The van der Waals surface area contributed by atoms with Gasteiger partial charge in [0.05, 0.1) is 42.2 Å². The predicted molar refractivity (Wildman–Crippen MR) is 157 cm³/mol. The van der Waals surface area contributed by atoms with Gasteiger partial charge in [0.2, 0.25) is 27.8 Å². The van der Waals surface area contributed by atoms with E-state index in [1.165, 1.54) is 12.3 Å². The van der Waals surface area contributed by atoms with Gasteiger partial charge in [0.1, 0.15) is 17.4 Å². The Bertz CT molecular complexity index is 1360. The van der Waals surface area contributed by atoms with Gasteiger partial charge in [-0.15, -0.1) is 0 Å². The van der Waals surface area contributed by atoms with E-state index in [1.807, 2.05) is 6.07 Å². The number of hydrogen-bond acceptors (Lipinski definition) is 10. The van der Waals surface area contributed by atoms with Crippen LogP contribution in [0.15, 0.2) is 31.0 Å². The Labute approximate surface area is 240 Å². The van der Waals surface area contributed by atoms with E-state index in [4.69, 9.17) is 21.1 Å². The third-order valence-electron chi connectivity index (χ3n) is 7.00. The highest BCUT2D eigenvalue weighted by Gasteiger charge is 2.46. The zero-order valence-corrected chi connectivity index (χ0v) is 24.7. The van der Waals surface area contributed by atoms with Crippen molar-refractivity contribution in [3.63, 3.8) is 0 Å². The number of nitrogens with one attached hydrogen (secondary N) is 3. The summed E-state index contributed by atoms with van der Waals surface area (Å²) in [7, 11) is 2.35. The van der Waals surface area contributed by atoms with Crippen LogP contribution in [0.1, 0.15) is 25.7 Å². The van der Waals surface area contributed by atoms with Crippen LogP contribution in [0.5, 0.6) is 11.6 Å². The summed E-state index contributed by atoms with van der Waals surface area (Å²) in [6.07, 6.45) is 7.03. The molecule has 14 heteroatoms. The maximum absolute atomic E-state index is 12.3. The Hall–Kier alpha value is -3.13. The lowest BCUT2D eigenvalue weighted by Gasteiger charge is -2.37. The van der Waals surface area contributed by atoms with Crippen molar-refractivity contribution < 1.29 is 22.7 Å². The van der Waals surface area contributed by atoms with Crippen LogP contribution in [0.2, 0.25) is 5.02 Å². The molecule has 2 heterocycles. The summed E-state index contributed by atoms with van der Waals surface area (Å²) in [6.45, 7) is 5.30. The molecule has 0 atom stereocenters. The van der Waals surface area contributed by atoms with Gasteiger partial charge < -0.3 is 29.9 Å². The first-order valence-corrected chi connectivity index (χ1v) is 15.2. The highest BCUT2D eigenvalue weighted by Crippen LogP contribution is 2.40. The van der Waals surface area contributed by atoms with Gasteiger partial charge in [0.15, 0.2) is 0 Å². The second-order valence-corrected chi connectivity index (χ2v) is 12.5. The smallest absolute Gasteiger partial charge is 0.247 e. The number of amides is 1. The Morgan fingerprint density at radius 1 is 1.27 bits per heavy atom. The minimum Gasteiger partial charge on any atom is -0.494 e. The number of methoxy groups -OCH3 is 1. The first-order valence-electron chi connectivity index (χ1n) is 12.9. The lowest BCUT2D eigenvalue weighted by molar-refractivity contribution is -0.111. The van der Waals surface area contributed by atoms with Crippen molar-refractivity contribution in [1.29, 1.82) is 0 Å². The first kappa shape index (κ1) is 29.8. The molecular weight excluding hydrogens is 558 g/mol. The summed E-state index contributed by atoms with van der Waals surface area (Å²) < 4.78 is 37.5. The average Bonchev–Trinajstić information content (AvgIpc) is 3.66. The Morgan fingerprint density at radius 3 is 2.55 bits per heavy atom. The number of piperidine rings is 1. The molecule has 1 amide bonds. The lowest BCUT2D eigenvalue weighted by Crippen LogP contribution is -2.42. The van der Waals surface area contributed by atoms with Crippen molar-refractivity contribution in [2.45, 2.75) is 37.3 Å². The number of sulfonamides is 1. The van der Waals surface area contributed by atoms with E-state index in [-0.39, 0.29) is 29.4 Å². The molecule has 40 heavy (non-hydrogen) atoms. The van der Waals surface area contributed by atoms with Gasteiger partial charge in [0, 0.05) is 25.2 Å². The number of carbonyl (C=O) groups is 1. The van der Waals surface area contributed by atoms with Gasteiger partial charge in [-0.3, -0.25) is 4.79 Å². The summed E-state index contributed by atoms with van der Waals surface area (Å²) in [5.41, 5.74) is 1.28. The number of hydrogen-bond donors (Lipinski definition) is 3. The lowest BCUT2D eigenvalue weighted by atomic mass is 10.0. The molecule has 12 nitrogen and oxygen atoms in total. The minimum absolute atomic E-state index is 0.0799. The fourth-order valence-electron chi connectivity index (χ4n) is 4.66. The summed E-state index contributed by atoms with van der Waals surface area (Å²) in [5, 5.41) is 6.21. The number of carbonyl (C=O) groups excluding carboxylic acids is 1. The third-order valence-corrected chi connectivity index (χ3v) is 8.06. The van der Waals surface area contributed by atoms with Crippen molar-refractivity contribution in [3.8, 4) is 11.6 Å².